The lowest BCUT2D eigenvalue weighted by Gasteiger charge is -2.34. The topological polar surface area (TPSA) is 198 Å². The van der Waals surface area contributed by atoms with Gasteiger partial charge in [-0.25, -0.2) is 4.99 Å². The molecule has 0 aromatic heterocycles. The minimum Gasteiger partial charge on any atom is -0.455 e. The van der Waals surface area contributed by atoms with E-state index in [1.54, 1.807) is 80.4 Å². The zero-order chi connectivity index (χ0) is 39.3. The van der Waals surface area contributed by atoms with Crippen LogP contribution in [0.5, 0.6) is 0 Å². The number of amidine groups is 2. The molecule has 5 rings (SSSR count). The number of nitrogens with two attached hydrogens (primary N) is 1. The number of hydrogen-bond acceptors (Lipinski definition) is 8. The van der Waals surface area contributed by atoms with Gasteiger partial charge in [-0.2, -0.15) is 18.2 Å². The first kappa shape index (κ1) is 39.4. The molecular weight excluding hydrogens is 729 g/mol. The van der Waals surface area contributed by atoms with Gasteiger partial charge in [0.1, 0.15) is 5.84 Å². The van der Waals surface area contributed by atoms with Gasteiger partial charge in [0.15, 0.2) is 6.61 Å². The third kappa shape index (κ3) is 10.6. The number of amides is 3. The molecule has 1 unspecified atom stereocenters. The van der Waals surface area contributed by atoms with Crippen molar-refractivity contribution in [1.29, 1.82) is 5.41 Å². The van der Waals surface area contributed by atoms with Crippen LogP contribution in [0.4, 0.5) is 24.5 Å². The molecule has 14 nitrogen and oxygen atoms in total. The van der Waals surface area contributed by atoms with Crippen molar-refractivity contribution in [3.8, 4) is 0 Å². The van der Waals surface area contributed by atoms with Crippen LogP contribution in [-0.2, 0) is 19.9 Å². The van der Waals surface area contributed by atoms with Gasteiger partial charge in [0.2, 0.25) is 12.2 Å². The average molecular weight is 769 g/mol. The lowest BCUT2D eigenvalue weighted by atomic mass is 9.93. The molecule has 18 heteroatoms. The first-order valence-corrected chi connectivity index (χ1v) is 17.1. The lowest BCUT2D eigenvalue weighted by Crippen LogP contribution is -2.55. The minimum absolute atomic E-state index is 0.0704. The number of anilines is 2. The molecule has 0 radical (unpaired) electrons. The van der Waals surface area contributed by atoms with Crippen LogP contribution >= 0.6 is 11.6 Å². The molecule has 2 aliphatic rings. The van der Waals surface area contributed by atoms with Crippen molar-refractivity contribution in [2.24, 2.45) is 21.1 Å². The highest BCUT2D eigenvalue weighted by molar-refractivity contribution is 6.39. The van der Waals surface area contributed by atoms with E-state index < -0.39 is 47.7 Å². The molecule has 1 saturated carbocycles. The molecule has 286 valence electrons. The maximum absolute atomic E-state index is 13.0. The fourth-order valence-corrected chi connectivity index (χ4v) is 5.36. The summed E-state index contributed by atoms with van der Waals surface area (Å²) in [5.41, 5.74) is 6.71. The van der Waals surface area contributed by atoms with Crippen LogP contribution in [0.2, 0.25) is 5.02 Å². The van der Waals surface area contributed by atoms with Crippen LogP contribution in [0, 0.1) is 10.8 Å². The molecular formula is C36H40ClF3N10O4. The maximum atomic E-state index is 13.0. The van der Waals surface area contributed by atoms with Crippen LogP contribution in [0.1, 0.15) is 48.2 Å². The number of aliphatic imine (C=N–C) groups is 2. The highest BCUT2D eigenvalue weighted by Gasteiger charge is 2.46. The normalized spacial score (nSPS) is 17.1. The molecule has 1 aliphatic heterocycles. The Morgan fingerprint density at radius 2 is 1.67 bits per heavy atom. The van der Waals surface area contributed by atoms with Gasteiger partial charge in [-0.15, -0.1) is 0 Å². The predicted molar refractivity (Wildman–Crippen MR) is 199 cm³/mol. The fraction of sp³-hybridized carbons (Fsp3) is 0.333. The lowest BCUT2D eigenvalue weighted by molar-refractivity contribution is -0.156. The van der Waals surface area contributed by atoms with Crippen molar-refractivity contribution in [3.05, 3.63) is 94.5 Å². The van der Waals surface area contributed by atoms with Crippen molar-refractivity contribution in [1.82, 2.24) is 20.9 Å². The van der Waals surface area contributed by atoms with Crippen LogP contribution < -0.4 is 32.3 Å². The molecule has 1 fully saturated rings. The standard InChI is InChI=1S/C36H40ClF3N10O4/c1-34(2,19-44-29(52)30(53)45-26-6-4-5-22(17-26)27(41)42)18-43-28(51)21-7-13-25(14-8-21)46-31-47-33(54-20-36(38,39)40)48-32(50(31)3)49-35(15-16-35)23-9-11-24(37)12-10-23/h4-14,17,31,46H,15-16,18-20H2,1-3H3,(H3,41,42)(H,43,51)(H,44,52)(H,45,53)(H,47,48,49). The molecule has 0 bridgehead atoms. The van der Waals surface area contributed by atoms with Crippen molar-refractivity contribution < 1.29 is 32.3 Å². The second-order valence-electron chi connectivity index (χ2n) is 13.6. The summed E-state index contributed by atoms with van der Waals surface area (Å²) in [6.45, 7) is 2.28. The molecule has 1 heterocycles. The van der Waals surface area contributed by atoms with Gasteiger partial charge in [0, 0.05) is 47.7 Å². The zero-order valence-electron chi connectivity index (χ0n) is 29.6. The number of rotatable bonds is 12. The Morgan fingerprint density at radius 1 is 1.00 bits per heavy atom. The summed E-state index contributed by atoms with van der Waals surface area (Å²) >= 11 is 6.06. The molecule has 8 N–H and O–H groups in total. The number of guanidine groups is 1. The summed E-state index contributed by atoms with van der Waals surface area (Å²) < 4.78 is 44.1. The number of nitrogens with zero attached hydrogens (tertiary/aromatic N) is 3. The summed E-state index contributed by atoms with van der Waals surface area (Å²) in [4.78, 5) is 48.7. The Kier molecular flexibility index (Phi) is 11.7. The number of ether oxygens (including phenoxy) is 1. The van der Waals surface area contributed by atoms with E-state index >= 15 is 0 Å². The van der Waals surface area contributed by atoms with Gasteiger partial charge in [-0.05, 0) is 72.4 Å². The number of benzene rings is 3. The molecule has 0 spiro atoms. The van der Waals surface area contributed by atoms with E-state index in [0.717, 1.165) is 18.4 Å². The quantitative estimate of drug-likeness (QED) is 0.0802. The van der Waals surface area contributed by atoms with E-state index in [4.69, 9.17) is 32.5 Å². The number of nitrogen functional groups attached to an aromatic ring is 1. The first-order chi connectivity index (χ1) is 25.4. The van der Waals surface area contributed by atoms with Gasteiger partial charge >= 0.3 is 18.0 Å². The van der Waals surface area contributed by atoms with Crippen molar-refractivity contribution in [2.45, 2.75) is 44.7 Å². The van der Waals surface area contributed by atoms with E-state index in [1.165, 1.54) is 6.07 Å². The third-order valence-corrected chi connectivity index (χ3v) is 8.74. The van der Waals surface area contributed by atoms with Crippen molar-refractivity contribution in [3.63, 3.8) is 0 Å². The van der Waals surface area contributed by atoms with Crippen LogP contribution in [0.3, 0.4) is 0 Å². The third-order valence-electron chi connectivity index (χ3n) is 8.49. The summed E-state index contributed by atoms with van der Waals surface area (Å²) in [6.07, 6.45) is -4.05. The van der Waals surface area contributed by atoms with Gasteiger partial charge in [0.25, 0.3) is 11.9 Å². The number of nitrogens with one attached hydrogen (secondary N) is 6. The Hall–Kier alpha value is -5.84. The highest BCUT2D eigenvalue weighted by Crippen LogP contribution is 2.50. The predicted octanol–water partition coefficient (Wildman–Crippen LogP) is 4.35. The Balaban J connectivity index is 1.17. The van der Waals surface area contributed by atoms with Gasteiger partial charge < -0.3 is 36.6 Å². The van der Waals surface area contributed by atoms with Crippen LogP contribution in [0.25, 0.3) is 0 Å². The summed E-state index contributed by atoms with van der Waals surface area (Å²) in [7, 11) is 1.68. The number of hydrogen-bond donors (Lipinski definition) is 7. The van der Waals surface area contributed by atoms with E-state index in [1.807, 2.05) is 12.1 Å². The Labute approximate surface area is 314 Å². The van der Waals surface area contributed by atoms with E-state index in [9.17, 15) is 27.6 Å². The molecule has 0 saturated heterocycles. The molecule has 3 aromatic carbocycles. The van der Waals surface area contributed by atoms with Crippen molar-refractivity contribution in [2.75, 3.05) is 37.4 Å². The van der Waals surface area contributed by atoms with Crippen molar-refractivity contribution >= 4 is 58.5 Å². The van der Waals surface area contributed by atoms with Gasteiger partial charge in [-0.3, -0.25) is 25.1 Å². The number of carbonyl (C=O) groups is 3. The highest BCUT2D eigenvalue weighted by atomic mass is 35.5. The second-order valence-corrected chi connectivity index (χ2v) is 14.1. The first-order valence-electron chi connectivity index (χ1n) is 16.7. The molecule has 3 amide bonds. The maximum Gasteiger partial charge on any atom is 0.422 e. The smallest absolute Gasteiger partial charge is 0.422 e. The minimum atomic E-state index is -4.59. The summed E-state index contributed by atoms with van der Waals surface area (Å²) in [5, 5.41) is 21.9. The van der Waals surface area contributed by atoms with E-state index in [2.05, 4.69) is 31.6 Å². The fourth-order valence-electron chi connectivity index (χ4n) is 5.24. The summed E-state index contributed by atoms with van der Waals surface area (Å²) in [6, 6.07) is 19.5. The number of alkyl halides is 3. The van der Waals surface area contributed by atoms with Gasteiger partial charge in [-0.1, -0.05) is 49.7 Å². The largest absolute Gasteiger partial charge is 0.455 e. The monoisotopic (exact) mass is 768 g/mol. The van der Waals surface area contributed by atoms with Crippen LogP contribution in [0.15, 0.2) is 82.8 Å². The molecule has 54 heavy (non-hydrogen) atoms. The Morgan fingerprint density at radius 3 is 2.30 bits per heavy atom. The second kappa shape index (κ2) is 16.0. The zero-order valence-corrected chi connectivity index (χ0v) is 30.4. The van der Waals surface area contributed by atoms with Crippen LogP contribution in [-0.4, -0.2) is 79.6 Å². The summed E-state index contributed by atoms with van der Waals surface area (Å²) in [5.74, 6) is -2.10. The molecule has 1 aliphatic carbocycles. The van der Waals surface area contributed by atoms with E-state index in [0.29, 0.717) is 27.5 Å². The number of carbonyl (C=O) groups excluding carboxylic acids is 3. The molecule has 1 atom stereocenters. The van der Waals surface area contributed by atoms with E-state index in [-0.39, 0.29) is 30.9 Å². The molecule has 3 aromatic rings. The SMILES string of the molecule is CN1C(=NC2(c3ccc(Cl)cc3)CC2)NC(OCC(F)(F)F)=NC1Nc1ccc(C(=O)NCC(C)(C)CNC(=O)C(=O)Nc2cccc(C(=N)N)c2)cc1. The van der Waals surface area contributed by atoms with Gasteiger partial charge in [0.05, 0.1) is 5.54 Å². The number of halogens is 4. The average Bonchev–Trinajstić information content (AvgIpc) is 3.91. The Bertz CT molecular complexity index is 1950.